The molecule has 8 nitrogen and oxygen atoms in total. The number of nitrogens with one attached hydrogen (secondary N) is 3. The Hall–Kier alpha value is -3.16. The number of aliphatic imine (C=N–C) groups is 1. The first-order valence-corrected chi connectivity index (χ1v) is 8.98. The van der Waals surface area contributed by atoms with Gasteiger partial charge in [0.2, 0.25) is 0 Å². The Bertz CT molecular complexity index is 761. The zero-order chi connectivity index (χ0) is 18.9. The van der Waals surface area contributed by atoms with E-state index in [9.17, 15) is 4.79 Å². The monoisotopic (exact) mass is 372 g/mol. The number of guanidine groups is 1. The van der Waals surface area contributed by atoms with E-state index < -0.39 is 0 Å². The van der Waals surface area contributed by atoms with Gasteiger partial charge in [-0.3, -0.25) is 4.79 Å². The van der Waals surface area contributed by atoms with Gasteiger partial charge in [-0.1, -0.05) is 12.1 Å². The third-order valence-corrected chi connectivity index (χ3v) is 3.81. The van der Waals surface area contributed by atoms with Crippen LogP contribution >= 0.6 is 0 Å². The maximum absolute atomic E-state index is 11.8. The second-order valence-corrected chi connectivity index (χ2v) is 5.88. The third-order valence-electron chi connectivity index (χ3n) is 3.81. The van der Waals surface area contributed by atoms with Gasteiger partial charge < -0.3 is 29.8 Å². The Morgan fingerprint density at radius 1 is 1.11 bits per heavy atom. The maximum atomic E-state index is 11.8. The number of nitrogens with zero attached hydrogens (tertiary/aromatic N) is 1. The molecule has 0 spiro atoms. The number of hydrogen-bond donors (Lipinski definition) is 3. The first-order chi connectivity index (χ1) is 13.3. The Morgan fingerprint density at radius 2 is 1.93 bits per heavy atom. The Kier molecular flexibility index (Phi) is 6.56. The summed E-state index contributed by atoms with van der Waals surface area (Å²) in [5, 5.41) is 9.12. The smallest absolute Gasteiger partial charge is 0.287 e. The van der Waals surface area contributed by atoms with Crippen molar-refractivity contribution >= 4 is 11.9 Å². The van der Waals surface area contributed by atoms with Crippen molar-refractivity contribution in [2.24, 2.45) is 4.99 Å². The molecule has 0 saturated carbocycles. The van der Waals surface area contributed by atoms with Crippen molar-refractivity contribution in [1.29, 1.82) is 0 Å². The van der Waals surface area contributed by atoms with Crippen molar-refractivity contribution in [3.05, 3.63) is 48.4 Å². The zero-order valence-corrected chi connectivity index (χ0v) is 15.2. The second-order valence-electron chi connectivity index (χ2n) is 5.88. The molecule has 144 valence electrons. The van der Waals surface area contributed by atoms with E-state index in [0.717, 1.165) is 18.0 Å². The molecule has 1 unspecified atom stereocenters. The van der Waals surface area contributed by atoms with Crippen LogP contribution in [0.1, 0.15) is 17.5 Å². The first-order valence-electron chi connectivity index (χ1n) is 8.98. The average Bonchev–Trinajstić information content (AvgIpc) is 3.24. The molecule has 1 aromatic carbocycles. The number of ether oxygens (including phenoxy) is 2. The summed E-state index contributed by atoms with van der Waals surface area (Å²) in [5.41, 5.74) is 0. The molecule has 2 aromatic rings. The number of carbonyl (C=O) groups excluding carboxylic acids is 1. The zero-order valence-electron chi connectivity index (χ0n) is 15.2. The van der Waals surface area contributed by atoms with E-state index in [-0.39, 0.29) is 12.0 Å². The Balaban J connectivity index is 1.43. The van der Waals surface area contributed by atoms with Gasteiger partial charge >= 0.3 is 0 Å². The molecule has 1 aliphatic rings. The maximum Gasteiger partial charge on any atom is 0.287 e. The molecule has 0 radical (unpaired) electrons. The van der Waals surface area contributed by atoms with Crippen LogP contribution in [0.5, 0.6) is 11.5 Å². The molecule has 0 bridgehead atoms. The van der Waals surface area contributed by atoms with Gasteiger partial charge in [-0.2, -0.15) is 0 Å². The molecule has 1 atom stereocenters. The highest BCUT2D eigenvalue weighted by molar-refractivity contribution is 5.91. The van der Waals surface area contributed by atoms with Crippen LogP contribution in [-0.2, 0) is 0 Å². The molecule has 2 heterocycles. The third kappa shape index (κ3) is 5.40. The molecule has 0 aliphatic carbocycles. The lowest BCUT2D eigenvalue weighted by Crippen LogP contribution is -2.42. The van der Waals surface area contributed by atoms with Crippen LogP contribution in [0.3, 0.4) is 0 Å². The second kappa shape index (κ2) is 9.51. The van der Waals surface area contributed by atoms with E-state index in [2.05, 4.69) is 20.9 Å². The number of rotatable bonds is 7. The molecule has 1 aromatic heterocycles. The molecule has 27 heavy (non-hydrogen) atoms. The molecular weight excluding hydrogens is 348 g/mol. The highest BCUT2D eigenvalue weighted by Gasteiger charge is 2.20. The molecule has 3 N–H and O–H groups in total. The molecule has 0 saturated heterocycles. The lowest BCUT2D eigenvalue weighted by molar-refractivity contribution is 0.0926. The lowest BCUT2D eigenvalue weighted by Gasteiger charge is -2.25. The molecule has 3 rings (SSSR count). The van der Waals surface area contributed by atoms with Gasteiger partial charge in [0.05, 0.1) is 12.8 Å². The summed E-state index contributed by atoms with van der Waals surface area (Å²) in [4.78, 5) is 16.3. The van der Waals surface area contributed by atoms with E-state index in [1.54, 1.807) is 12.1 Å². The fourth-order valence-electron chi connectivity index (χ4n) is 2.54. The van der Waals surface area contributed by atoms with Gasteiger partial charge in [-0.15, -0.1) is 0 Å². The van der Waals surface area contributed by atoms with Crippen LogP contribution in [-0.4, -0.2) is 50.8 Å². The summed E-state index contributed by atoms with van der Waals surface area (Å²) in [6.45, 7) is 4.62. The normalized spacial score (nSPS) is 15.9. The van der Waals surface area contributed by atoms with Crippen LogP contribution in [0, 0.1) is 0 Å². The van der Waals surface area contributed by atoms with Crippen LogP contribution in [0.2, 0.25) is 0 Å². The minimum Gasteiger partial charge on any atom is -0.486 e. The standard InChI is InChI=1S/C19H24N4O4/c1-2-20-19(22-10-9-21-18(24)17-8-5-11-25-17)23-12-14-13-26-15-6-3-4-7-16(15)27-14/h3-8,11,14H,2,9-10,12-13H2,1H3,(H,21,24)(H2,20,22,23). The number of carbonyl (C=O) groups is 1. The Morgan fingerprint density at radius 3 is 2.70 bits per heavy atom. The number of furan rings is 1. The highest BCUT2D eigenvalue weighted by Crippen LogP contribution is 2.30. The number of hydrogen-bond acceptors (Lipinski definition) is 5. The quantitative estimate of drug-likeness (QED) is 0.386. The van der Waals surface area contributed by atoms with Crippen LogP contribution in [0.4, 0.5) is 0 Å². The summed E-state index contributed by atoms with van der Waals surface area (Å²) >= 11 is 0. The summed E-state index contributed by atoms with van der Waals surface area (Å²) in [5.74, 6) is 2.21. The summed E-state index contributed by atoms with van der Waals surface area (Å²) in [7, 11) is 0. The number of fused-ring (bicyclic) bond motifs is 1. The largest absolute Gasteiger partial charge is 0.486 e. The number of amides is 1. The molecule has 8 heteroatoms. The van der Waals surface area contributed by atoms with Gasteiger partial charge in [0, 0.05) is 19.6 Å². The lowest BCUT2D eigenvalue weighted by atomic mass is 10.2. The molecule has 1 aliphatic heterocycles. The highest BCUT2D eigenvalue weighted by atomic mass is 16.6. The summed E-state index contributed by atoms with van der Waals surface area (Å²) in [6, 6.07) is 10.9. The van der Waals surface area contributed by atoms with Gasteiger partial charge in [0.25, 0.3) is 5.91 Å². The number of benzene rings is 1. The van der Waals surface area contributed by atoms with Gasteiger partial charge in [0.1, 0.15) is 6.61 Å². The van der Waals surface area contributed by atoms with E-state index >= 15 is 0 Å². The van der Waals surface area contributed by atoms with Crippen molar-refractivity contribution in [2.45, 2.75) is 13.0 Å². The van der Waals surface area contributed by atoms with Crippen molar-refractivity contribution in [2.75, 3.05) is 32.8 Å². The first kappa shape index (κ1) is 18.6. The fourth-order valence-corrected chi connectivity index (χ4v) is 2.54. The van der Waals surface area contributed by atoms with Crippen molar-refractivity contribution < 1.29 is 18.7 Å². The SMILES string of the molecule is CCNC(=NCC1COc2ccccc2O1)NCCNC(=O)c1ccco1. The van der Waals surface area contributed by atoms with E-state index in [4.69, 9.17) is 13.9 Å². The summed E-state index contributed by atoms with van der Waals surface area (Å²) in [6.07, 6.45) is 1.33. The number of para-hydroxylation sites is 2. The molecule has 0 fully saturated rings. The van der Waals surface area contributed by atoms with Crippen molar-refractivity contribution in [3.8, 4) is 11.5 Å². The van der Waals surface area contributed by atoms with Crippen molar-refractivity contribution in [1.82, 2.24) is 16.0 Å². The average molecular weight is 372 g/mol. The fraction of sp³-hybridized carbons (Fsp3) is 0.368. The minimum absolute atomic E-state index is 0.144. The van der Waals surface area contributed by atoms with Crippen LogP contribution in [0.15, 0.2) is 52.1 Å². The van der Waals surface area contributed by atoms with Gasteiger partial charge in [0.15, 0.2) is 29.3 Å². The summed E-state index contributed by atoms with van der Waals surface area (Å²) < 4.78 is 16.6. The molecular formula is C19H24N4O4. The van der Waals surface area contributed by atoms with E-state index in [1.807, 2.05) is 31.2 Å². The van der Waals surface area contributed by atoms with Gasteiger partial charge in [-0.25, -0.2) is 4.99 Å². The predicted molar refractivity (Wildman–Crippen MR) is 101 cm³/mol. The van der Waals surface area contributed by atoms with Crippen LogP contribution < -0.4 is 25.4 Å². The van der Waals surface area contributed by atoms with Crippen molar-refractivity contribution in [3.63, 3.8) is 0 Å². The predicted octanol–water partition coefficient (Wildman–Crippen LogP) is 1.40. The minimum atomic E-state index is -0.241. The molecule has 1 amide bonds. The van der Waals surface area contributed by atoms with Gasteiger partial charge in [-0.05, 0) is 31.2 Å². The Labute approximate surface area is 157 Å². The van der Waals surface area contributed by atoms with E-state index in [1.165, 1.54) is 6.26 Å². The topological polar surface area (TPSA) is 97.1 Å². The van der Waals surface area contributed by atoms with Crippen LogP contribution in [0.25, 0.3) is 0 Å². The van der Waals surface area contributed by atoms with E-state index in [0.29, 0.717) is 38.0 Å².